The summed E-state index contributed by atoms with van der Waals surface area (Å²) in [5.74, 6) is -2.76. The average Bonchev–Trinajstić information content (AvgIpc) is 3.80. The number of esters is 1. The highest BCUT2D eigenvalue weighted by Crippen LogP contribution is 2.44. The van der Waals surface area contributed by atoms with Crippen LogP contribution in [0.4, 0.5) is 31.0 Å². The molecule has 3 aliphatic rings. The zero-order chi connectivity index (χ0) is 44.0. The minimum absolute atomic E-state index is 0.00562. The van der Waals surface area contributed by atoms with E-state index < -0.39 is 41.5 Å². The summed E-state index contributed by atoms with van der Waals surface area (Å²) < 4.78 is 31.4. The molecule has 62 heavy (non-hydrogen) atoms. The van der Waals surface area contributed by atoms with E-state index in [0.29, 0.717) is 48.8 Å². The van der Waals surface area contributed by atoms with Crippen molar-refractivity contribution in [3.05, 3.63) is 114 Å². The Morgan fingerprint density at radius 2 is 1.50 bits per heavy atom. The molecule has 1 atom stereocenters. The zero-order valence-electron chi connectivity index (χ0n) is 34.8. The molecular formula is C46H49FN6O9. The van der Waals surface area contributed by atoms with E-state index in [-0.39, 0.29) is 56.7 Å². The van der Waals surface area contributed by atoms with Crippen molar-refractivity contribution < 1.29 is 47.4 Å². The molecule has 0 saturated carbocycles. The first-order chi connectivity index (χ1) is 29.7. The van der Waals surface area contributed by atoms with Crippen LogP contribution in [0.5, 0.6) is 0 Å². The summed E-state index contributed by atoms with van der Waals surface area (Å²) in [5, 5.41) is 2.58. The minimum Gasteiger partial charge on any atom is -0.459 e. The van der Waals surface area contributed by atoms with Crippen LogP contribution < -0.4 is 26.0 Å². The summed E-state index contributed by atoms with van der Waals surface area (Å²) in [6.45, 7) is 6.55. The van der Waals surface area contributed by atoms with Gasteiger partial charge in [0.2, 0.25) is 5.91 Å². The van der Waals surface area contributed by atoms with Crippen molar-refractivity contribution in [2.24, 2.45) is 0 Å². The monoisotopic (exact) mass is 848 g/mol. The van der Waals surface area contributed by atoms with Crippen molar-refractivity contribution in [3.8, 4) is 11.1 Å². The van der Waals surface area contributed by atoms with Gasteiger partial charge < -0.3 is 34.8 Å². The number of nitrogens with zero attached hydrogens (tertiary/aromatic N) is 3. The van der Waals surface area contributed by atoms with Crippen LogP contribution in [0.25, 0.3) is 11.1 Å². The second kappa shape index (κ2) is 18.8. The first kappa shape index (κ1) is 43.3. The Morgan fingerprint density at radius 1 is 0.839 bits per heavy atom. The third-order valence-electron chi connectivity index (χ3n) is 10.8. The summed E-state index contributed by atoms with van der Waals surface area (Å²) >= 11 is 0. The van der Waals surface area contributed by atoms with Crippen LogP contribution in [-0.4, -0.2) is 105 Å². The number of halogens is 1. The van der Waals surface area contributed by atoms with Gasteiger partial charge in [0, 0.05) is 56.2 Å². The van der Waals surface area contributed by atoms with Crippen molar-refractivity contribution in [2.45, 2.75) is 51.2 Å². The lowest BCUT2D eigenvalue weighted by atomic mass is 9.98. The molecule has 3 N–H and O–H groups in total. The maximum Gasteiger partial charge on any atom is 0.414 e. The van der Waals surface area contributed by atoms with Crippen LogP contribution in [0, 0.1) is 5.82 Å². The molecule has 4 aromatic rings. The van der Waals surface area contributed by atoms with Gasteiger partial charge in [0.05, 0.1) is 31.0 Å². The Morgan fingerprint density at radius 3 is 2.15 bits per heavy atom. The van der Waals surface area contributed by atoms with Crippen LogP contribution in [0.15, 0.2) is 91.0 Å². The SMILES string of the molecule is CC(C)(C)OC(=O)NC[C@H]1CN(c2ccc(N3CCN(C(=O)CCC(=O)c4ccc(NNCC(=O)C(=O)OCC5c6ccccc6-c6ccccc65)cc4)CC3)c(F)c2)C(=O)O1. The summed E-state index contributed by atoms with van der Waals surface area (Å²) in [5.41, 5.74) is 10.8. The molecular weight excluding hydrogens is 800 g/mol. The van der Waals surface area contributed by atoms with Gasteiger partial charge in [0.25, 0.3) is 5.78 Å². The largest absolute Gasteiger partial charge is 0.459 e. The summed E-state index contributed by atoms with van der Waals surface area (Å²) in [4.78, 5) is 80.4. The van der Waals surface area contributed by atoms with Crippen LogP contribution in [0.1, 0.15) is 61.0 Å². The lowest BCUT2D eigenvalue weighted by Crippen LogP contribution is -2.49. The second-order valence-corrected chi connectivity index (χ2v) is 16.2. The fourth-order valence-corrected chi connectivity index (χ4v) is 7.71. The van der Waals surface area contributed by atoms with Gasteiger partial charge in [-0.15, -0.1) is 0 Å². The molecule has 3 amide bonds. The van der Waals surface area contributed by atoms with Gasteiger partial charge in [-0.05, 0) is 85.5 Å². The highest BCUT2D eigenvalue weighted by Gasteiger charge is 2.34. The van der Waals surface area contributed by atoms with Crippen molar-refractivity contribution >= 4 is 52.7 Å². The number of benzene rings is 4. The number of ketones is 2. The number of hydrogen-bond donors (Lipinski definition) is 3. The molecule has 7 rings (SSSR count). The number of Topliss-reactive ketones (excluding diaryl/α,β-unsaturated/α-hetero) is 2. The zero-order valence-corrected chi connectivity index (χ0v) is 34.8. The first-order valence-corrected chi connectivity index (χ1v) is 20.5. The minimum atomic E-state index is -0.936. The lowest BCUT2D eigenvalue weighted by molar-refractivity contribution is -0.153. The van der Waals surface area contributed by atoms with Gasteiger partial charge in [-0.1, -0.05) is 48.5 Å². The standard InChI is InChI=1S/C46H49FN6O9/c1-46(2,3)62-44(58)48-25-32-27-53(45(59)61-32)31-16-17-39(38(47)24-31)51-20-22-52(23-21-51)42(56)19-18-40(54)29-12-14-30(15-13-29)50-49-26-41(55)43(57)60-28-37-35-10-6-4-8-33(35)34-9-5-7-11-36(34)37/h4-17,24,32,37,49-50H,18-23,25-28H2,1-3H3,(H,48,58)/t32-/m0/s1. The highest BCUT2D eigenvalue weighted by molar-refractivity contribution is 6.34. The molecule has 324 valence electrons. The van der Waals surface area contributed by atoms with Gasteiger partial charge >= 0.3 is 18.2 Å². The lowest BCUT2D eigenvalue weighted by Gasteiger charge is -2.36. The Kier molecular flexibility index (Phi) is 13.2. The molecule has 0 spiro atoms. The number of carbonyl (C=O) groups excluding carboxylic acids is 6. The summed E-state index contributed by atoms with van der Waals surface area (Å²) in [7, 11) is 0. The third-order valence-corrected chi connectivity index (χ3v) is 10.8. The van der Waals surface area contributed by atoms with E-state index >= 15 is 4.39 Å². The van der Waals surface area contributed by atoms with E-state index in [1.807, 2.05) is 53.4 Å². The number of rotatable bonds is 15. The maximum atomic E-state index is 15.4. The summed E-state index contributed by atoms with van der Waals surface area (Å²) in [6, 6.07) is 26.9. The van der Waals surface area contributed by atoms with E-state index in [0.717, 1.165) is 22.3 Å². The van der Waals surface area contributed by atoms with E-state index in [9.17, 15) is 28.8 Å². The topological polar surface area (TPSA) is 176 Å². The molecule has 2 heterocycles. The number of fused-ring (bicyclic) bond motifs is 3. The normalized spacial score (nSPS) is 16.0. The molecule has 2 aliphatic heterocycles. The molecule has 2 saturated heterocycles. The number of nitrogens with one attached hydrogen (secondary N) is 3. The number of piperazine rings is 1. The number of hydrogen-bond acceptors (Lipinski definition) is 12. The quantitative estimate of drug-likeness (QED) is 0.0430. The van der Waals surface area contributed by atoms with Crippen molar-refractivity contribution in [2.75, 3.05) is 67.6 Å². The smallest absolute Gasteiger partial charge is 0.414 e. The van der Waals surface area contributed by atoms with Crippen LogP contribution in [-0.2, 0) is 28.6 Å². The fourth-order valence-electron chi connectivity index (χ4n) is 7.71. The predicted molar refractivity (Wildman–Crippen MR) is 228 cm³/mol. The maximum absolute atomic E-state index is 15.4. The molecule has 0 aromatic heterocycles. The molecule has 4 aromatic carbocycles. The molecule has 1 aliphatic carbocycles. The van der Waals surface area contributed by atoms with Crippen molar-refractivity contribution in [3.63, 3.8) is 0 Å². The van der Waals surface area contributed by atoms with Gasteiger partial charge in [-0.2, -0.15) is 0 Å². The average molecular weight is 849 g/mol. The van der Waals surface area contributed by atoms with Crippen molar-refractivity contribution in [1.82, 2.24) is 15.6 Å². The predicted octanol–water partition coefficient (Wildman–Crippen LogP) is 5.83. The molecule has 0 bridgehead atoms. The van der Waals surface area contributed by atoms with E-state index in [1.54, 1.807) is 62.1 Å². The molecule has 2 fully saturated rings. The number of cyclic esters (lactones) is 1. The molecule has 0 radical (unpaired) electrons. The second-order valence-electron chi connectivity index (χ2n) is 16.2. The van der Waals surface area contributed by atoms with Gasteiger partial charge in [-0.3, -0.25) is 19.3 Å². The number of alkyl carbamates (subject to hydrolysis) is 1. The Hall–Kier alpha value is -6.81. The number of ether oxygens (including phenoxy) is 3. The summed E-state index contributed by atoms with van der Waals surface area (Å²) in [6.07, 6.45) is -1.90. The number of anilines is 3. The van der Waals surface area contributed by atoms with Crippen LogP contribution in [0.2, 0.25) is 0 Å². The van der Waals surface area contributed by atoms with Gasteiger partial charge in [-0.25, -0.2) is 24.2 Å². The third kappa shape index (κ3) is 10.4. The van der Waals surface area contributed by atoms with E-state index in [2.05, 4.69) is 16.2 Å². The Bertz CT molecular complexity index is 2300. The van der Waals surface area contributed by atoms with Crippen molar-refractivity contribution in [1.29, 1.82) is 0 Å². The van der Waals surface area contributed by atoms with Crippen LogP contribution in [0.3, 0.4) is 0 Å². The first-order valence-electron chi connectivity index (χ1n) is 20.5. The fraction of sp³-hybridized carbons (Fsp3) is 0.348. The molecule has 16 heteroatoms. The number of hydrazine groups is 1. The van der Waals surface area contributed by atoms with Gasteiger partial charge in [0.1, 0.15) is 24.1 Å². The number of carbonyl (C=O) groups is 6. The number of amides is 3. The Labute approximate surface area is 358 Å². The van der Waals surface area contributed by atoms with Crippen LogP contribution >= 0.6 is 0 Å². The van der Waals surface area contributed by atoms with E-state index in [1.165, 1.54) is 11.0 Å². The van der Waals surface area contributed by atoms with E-state index in [4.69, 9.17) is 14.2 Å². The molecule has 15 nitrogen and oxygen atoms in total. The Balaban J connectivity index is 0.795. The van der Waals surface area contributed by atoms with Gasteiger partial charge in [0.15, 0.2) is 5.78 Å². The highest BCUT2D eigenvalue weighted by atomic mass is 19.1. The molecule has 0 unspecified atom stereocenters.